The van der Waals surface area contributed by atoms with Gasteiger partial charge in [0, 0.05) is 18.5 Å². The van der Waals surface area contributed by atoms with Crippen molar-refractivity contribution in [1.29, 1.82) is 0 Å². The highest BCUT2D eigenvalue weighted by atomic mass is 32.2. The Hall–Kier alpha value is -1.39. The van der Waals surface area contributed by atoms with Gasteiger partial charge in [-0.15, -0.1) is 0 Å². The normalized spacial score (nSPS) is 18.2. The predicted molar refractivity (Wildman–Crippen MR) is 85.8 cm³/mol. The van der Waals surface area contributed by atoms with E-state index >= 15 is 0 Å². The van der Waals surface area contributed by atoms with Crippen LogP contribution in [-0.2, 0) is 10.0 Å². The molecule has 3 rings (SSSR count). The molecule has 0 saturated carbocycles. The number of sulfonamides is 1. The highest BCUT2D eigenvalue weighted by Crippen LogP contribution is 2.30. The van der Waals surface area contributed by atoms with E-state index in [1.165, 1.54) is 0 Å². The first-order valence-electron chi connectivity index (χ1n) is 7.48. The van der Waals surface area contributed by atoms with Crippen LogP contribution < -0.4 is 0 Å². The van der Waals surface area contributed by atoms with Crippen LogP contribution in [0.1, 0.15) is 25.3 Å². The Labute approximate surface area is 126 Å². The predicted octanol–water partition coefficient (Wildman–Crippen LogP) is 3.57. The molecule has 1 aliphatic heterocycles. The lowest BCUT2D eigenvalue weighted by atomic mass is 10.0. The van der Waals surface area contributed by atoms with Gasteiger partial charge in [-0.25, -0.2) is 8.42 Å². The molecule has 4 heteroatoms. The minimum absolute atomic E-state index is 0.443. The zero-order chi connectivity index (χ0) is 15.0. The van der Waals surface area contributed by atoms with Crippen molar-refractivity contribution < 1.29 is 8.42 Å². The zero-order valence-electron chi connectivity index (χ0n) is 12.5. The fourth-order valence-corrected chi connectivity index (χ4v) is 4.68. The Morgan fingerprint density at radius 3 is 2.29 bits per heavy atom. The quantitative estimate of drug-likeness (QED) is 0.850. The second kappa shape index (κ2) is 5.43. The van der Waals surface area contributed by atoms with E-state index in [9.17, 15) is 8.42 Å². The van der Waals surface area contributed by atoms with Crippen LogP contribution in [0.3, 0.4) is 0 Å². The van der Waals surface area contributed by atoms with Gasteiger partial charge in [-0.1, -0.05) is 37.3 Å². The van der Waals surface area contributed by atoms with Crippen LogP contribution in [0.4, 0.5) is 0 Å². The second-order valence-electron chi connectivity index (χ2n) is 6.01. The van der Waals surface area contributed by atoms with Crippen LogP contribution in [0.5, 0.6) is 0 Å². The van der Waals surface area contributed by atoms with Crippen LogP contribution in [0, 0.1) is 12.8 Å². The molecule has 1 saturated heterocycles. The first kappa shape index (κ1) is 14.5. The topological polar surface area (TPSA) is 37.4 Å². The van der Waals surface area contributed by atoms with Gasteiger partial charge in [-0.05, 0) is 42.7 Å². The number of benzene rings is 2. The van der Waals surface area contributed by atoms with E-state index in [1.54, 1.807) is 10.4 Å². The second-order valence-corrected chi connectivity index (χ2v) is 7.92. The first-order chi connectivity index (χ1) is 10.00. The van der Waals surface area contributed by atoms with Crippen LogP contribution >= 0.6 is 0 Å². The first-order valence-corrected chi connectivity index (χ1v) is 8.92. The van der Waals surface area contributed by atoms with Crippen LogP contribution in [0.25, 0.3) is 10.8 Å². The van der Waals surface area contributed by atoms with Gasteiger partial charge in [0.25, 0.3) is 0 Å². The Bertz CT molecular complexity index is 759. The molecule has 3 nitrogen and oxygen atoms in total. The van der Waals surface area contributed by atoms with Crippen molar-refractivity contribution in [2.75, 3.05) is 13.1 Å². The van der Waals surface area contributed by atoms with E-state index in [4.69, 9.17) is 0 Å². The average molecular weight is 303 g/mol. The zero-order valence-corrected chi connectivity index (χ0v) is 13.4. The maximum absolute atomic E-state index is 12.9. The lowest BCUT2D eigenvalue weighted by Crippen LogP contribution is -2.37. The Morgan fingerprint density at radius 2 is 1.62 bits per heavy atom. The molecular weight excluding hydrogens is 282 g/mol. The van der Waals surface area contributed by atoms with E-state index < -0.39 is 10.0 Å². The summed E-state index contributed by atoms with van der Waals surface area (Å²) in [6, 6.07) is 11.4. The number of nitrogens with zero attached hydrogens (tertiary/aromatic N) is 1. The van der Waals surface area contributed by atoms with Crippen LogP contribution in [-0.4, -0.2) is 25.8 Å². The largest absolute Gasteiger partial charge is 0.243 e. The summed E-state index contributed by atoms with van der Waals surface area (Å²) < 4.78 is 27.5. The number of hydrogen-bond acceptors (Lipinski definition) is 2. The van der Waals surface area contributed by atoms with Gasteiger partial charge in [0.1, 0.15) is 0 Å². The van der Waals surface area contributed by atoms with E-state index in [0.29, 0.717) is 23.9 Å². The van der Waals surface area contributed by atoms with E-state index in [1.807, 2.05) is 37.3 Å². The summed E-state index contributed by atoms with van der Waals surface area (Å²) in [5.74, 6) is 0.617. The molecule has 1 heterocycles. The third kappa shape index (κ3) is 2.58. The van der Waals surface area contributed by atoms with Crippen molar-refractivity contribution in [2.24, 2.45) is 5.92 Å². The number of hydrogen-bond donors (Lipinski definition) is 0. The molecule has 0 unspecified atom stereocenters. The standard InChI is InChI=1S/C17H21NO2S/c1-13-9-11-18(12-10-13)21(19,20)17-8-7-14(2)15-5-3-4-6-16(15)17/h3-8,13H,9-12H2,1-2H3. The number of piperidine rings is 1. The van der Waals surface area contributed by atoms with Gasteiger partial charge in [0.2, 0.25) is 10.0 Å². The van der Waals surface area contributed by atoms with Gasteiger partial charge in [0.15, 0.2) is 0 Å². The summed E-state index contributed by atoms with van der Waals surface area (Å²) in [6.07, 6.45) is 1.89. The molecule has 0 aliphatic carbocycles. The van der Waals surface area contributed by atoms with Crippen molar-refractivity contribution in [3.63, 3.8) is 0 Å². The van der Waals surface area contributed by atoms with Crippen LogP contribution in [0.2, 0.25) is 0 Å². The highest BCUT2D eigenvalue weighted by Gasteiger charge is 2.29. The Kier molecular flexibility index (Phi) is 3.76. The molecule has 0 radical (unpaired) electrons. The highest BCUT2D eigenvalue weighted by molar-refractivity contribution is 7.89. The maximum Gasteiger partial charge on any atom is 0.243 e. The van der Waals surface area contributed by atoms with Gasteiger partial charge < -0.3 is 0 Å². The number of fused-ring (bicyclic) bond motifs is 1. The van der Waals surface area contributed by atoms with Gasteiger partial charge >= 0.3 is 0 Å². The molecule has 21 heavy (non-hydrogen) atoms. The van der Waals surface area contributed by atoms with E-state index in [-0.39, 0.29) is 0 Å². The smallest absolute Gasteiger partial charge is 0.207 e. The molecule has 0 amide bonds. The third-order valence-electron chi connectivity index (χ3n) is 4.46. The summed E-state index contributed by atoms with van der Waals surface area (Å²) in [7, 11) is -3.40. The van der Waals surface area contributed by atoms with Crippen molar-refractivity contribution >= 4 is 20.8 Å². The van der Waals surface area contributed by atoms with Crippen molar-refractivity contribution in [1.82, 2.24) is 4.31 Å². The van der Waals surface area contributed by atoms with Gasteiger partial charge in [-0.3, -0.25) is 0 Å². The van der Waals surface area contributed by atoms with E-state index in [2.05, 4.69) is 6.92 Å². The molecule has 0 spiro atoms. The minimum Gasteiger partial charge on any atom is -0.207 e. The third-order valence-corrected chi connectivity index (χ3v) is 6.42. The number of aryl methyl sites for hydroxylation is 1. The molecule has 0 bridgehead atoms. The molecule has 1 fully saturated rings. The SMILES string of the molecule is Cc1ccc(S(=O)(=O)N2CCC(C)CC2)c2ccccc12. The molecule has 112 valence electrons. The molecule has 2 aromatic rings. The Balaban J connectivity index is 2.09. The molecule has 0 atom stereocenters. The maximum atomic E-state index is 12.9. The molecular formula is C17H21NO2S. The fraction of sp³-hybridized carbons (Fsp3) is 0.412. The Morgan fingerprint density at radius 1 is 1.00 bits per heavy atom. The summed E-state index contributed by atoms with van der Waals surface area (Å²) in [6.45, 7) is 5.46. The minimum atomic E-state index is -3.40. The fourth-order valence-electron chi connectivity index (χ4n) is 3.01. The molecule has 2 aromatic carbocycles. The molecule has 1 aliphatic rings. The monoisotopic (exact) mass is 303 g/mol. The lowest BCUT2D eigenvalue weighted by molar-refractivity contribution is 0.288. The number of rotatable bonds is 2. The summed E-state index contributed by atoms with van der Waals surface area (Å²) in [4.78, 5) is 0.443. The van der Waals surface area contributed by atoms with Crippen molar-refractivity contribution in [3.8, 4) is 0 Å². The average Bonchev–Trinajstić information content (AvgIpc) is 2.48. The van der Waals surface area contributed by atoms with Gasteiger partial charge in [0.05, 0.1) is 4.90 Å². The van der Waals surface area contributed by atoms with E-state index in [0.717, 1.165) is 29.2 Å². The summed E-state index contributed by atoms with van der Waals surface area (Å²) >= 11 is 0. The van der Waals surface area contributed by atoms with Crippen LogP contribution in [0.15, 0.2) is 41.3 Å². The van der Waals surface area contributed by atoms with Gasteiger partial charge in [-0.2, -0.15) is 4.31 Å². The lowest BCUT2D eigenvalue weighted by Gasteiger charge is -2.29. The molecule has 0 N–H and O–H groups in total. The van der Waals surface area contributed by atoms with Crippen molar-refractivity contribution in [2.45, 2.75) is 31.6 Å². The summed E-state index contributed by atoms with van der Waals surface area (Å²) in [5.41, 5.74) is 1.11. The summed E-state index contributed by atoms with van der Waals surface area (Å²) in [5, 5.41) is 1.85. The van der Waals surface area contributed by atoms with Crippen molar-refractivity contribution in [3.05, 3.63) is 42.0 Å². The molecule has 0 aromatic heterocycles.